The highest BCUT2D eigenvalue weighted by Gasteiger charge is 2.12. The summed E-state index contributed by atoms with van der Waals surface area (Å²) in [5.41, 5.74) is 4.99. The van der Waals surface area contributed by atoms with Crippen molar-refractivity contribution in [1.82, 2.24) is 5.32 Å². The van der Waals surface area contributed by atoms with E-state index in [9.17, 15) is 13.6 Å². The number of halogens is 2. The van der Waals surface area contributed by atoms with Gasteiger partial charge in [0.05, 0.1) is 19.6 Å². The normalized spacial score (nSPS) is 10.4. The number of rotatable bonds is 7. The zero-order valence-electron chi connectivity index (χ0n) is 9.92. The van der Waals surface area contributed by atoms with Crippen molar-refractivity contribution in [2.75, 3.05) is 26.3 Å². The van der Waals surface area contributed by atoms with Crippen molar-refractivity contribution in [2.45, 2.75) is 6.42 Å². The summed E-state index contributed by atoms with van der Waals surface area (Å²) in [6.45, 7) is 1.43. The number of carbonyl (C=O) groups excluding carboxylic acids is 1. The van der Waals surface area contributed by atoms with Gasteiger partial charge in [0.2, 0.25) is 5.91 Å². The van der Waals surface area contributed by atoms with Crippen LogP contribution in [0.2, 0.25) is 0 Å². The van der Waals surface area contributed by atoms with Crippen LogP contribution in [0.1, 0.15) is 5.56 Å². The van der Waals surface area contributed by atoms with Gasteiger partial charge in [0, 0.05) is 18.7 Å². The van der Waals surface area contributed by atoms with E-state index in [4.69, 9.17) is 10.5 Å². The van der Waals surface area contributed by atoms with Gasteiger partial charge in [-0.15, -0.1) is 0 Å². The van der Waals surface area contributed by atoms with Gasteiger partial charge in [-0.25, -0.2) is 8.78 Å². The van der Waals surface area contributed by atoms with Crippen LogP contribution in [0.5, 0.6) is 0 Å². The maximum atomic E-state index is 13.2. The van der Waals surface area contributed by atoms with Crippen molar-refractivity contribution in [3.8, 4) is 0 Å². The first kappa shape index (κ1) is 14.5. The molecule has 0 radical (unpaired) electrons. The van der Waals surface area contributed by atoms with E-state index in [2.05, 4.69) is 5.32 Å². The van der Waals surface area contributed by atoms with Crippen LogP contribution in [-0.2, 0) is 16.0 Å². The van der Waals surface area contributed by atoms with Crippen LogP contribution in [0.4, 0.5) is 8.78 Å². The minimum Gasteiger partial charge on any atom is -0.378 e. The first-order valence-electron chi connectivity index (χ1n) is 5.62. The van der Waals surface area contributed by atoms with Crippen molar-refractivity contribution in [1.29, 1.82) is 0 Å². The number of nitrogens with one attached hydrogen (secondary N) is 1. The summed E-state index contributed by atoms with van der Waals surface area (Å²) in [6, 6.07) is 3.50. The van der Waals surface area contributed by atoms with Gasteiger partial charge in [-0.1, -0.05) is 6.07 Å². The number of hydrogen-bond donors (Lipinski definition) is 2. The van der Waals surface area contributed by atoms with Gasteiger partial charge >= 0.3 is 0 Å². The average Bonchev–Trinajstić information content (AvgIpc) is 2.34. The Balaban J connectivity index is 2.36. The highest BCUT2D eigenvalue weighted by atomic mass is 19.1. The van der Waals surface area contributed by atoms with Crippen LogP contribution in [0.25, 0.3) is 0 Å². The van der Waals surface area contributed by atoms with Gasteiger partial charge in [-0.3, -0.25) is 4.79 Å². The molecule has 0 bridgehead atoms. The van der Waals surface area contributed by atoms with Crippen LogP contribution in [0.15, 0.2) is 18.2 Å². The quantitative estimate of drug-likeness (QED) is 0.704. The van der Waals surface area contributed by atoms with E-state index in [1.807, 2.05) is 0 Å². The van der Waals surface area contributed by atoms with Gasteiger partial charge < -0.3 is 15.8 Å². The lowest BCUT2D eigenvalue weighted by molar-refractivity contribution is -0.120. The second-order valence-corrected chi connectivity index (χ2v) is 3.63. The molecular weight excluding hydrogens is 242 g/mol. The molecule has 0 saturated heterocycles. The molecule has 1 rings (SSSR count). The lowest BCUT2D eigenvalue weighted by Gasteiger charge is -2.07. The lowest BCUT2D eigenvalue weighted by atomic mass is 10.1. The Morgan fingerprint density at radius 3 is 2.56 bits per heavy atom. The largest absolute Gasteiger partial charge is 0.378 e. The zero-order valence-corrected chi connectivity index (χ0v) is 9.92. The predicted molar refractivity (Wildman–Crippen MR) is 62.9 cm³/mol. The highest BCUT2D eigenvalue weighted by molar-refractivity contribution is 5.78. The first-order valence-corrected chi connectivity index (χ1v) is 5.62. The Kier molecular flexibility index (Phi) is 6.24. The zero-order chi connectivity index (χ0) is 13.4. The molecule has 0 atom stereocenters. The fourth-order valence-corrected chi connectivity index (χ4v) is 1.37. The van der Waals surface area contributed by atoms with E-state index in [1.165, 1.54) is 6.07 Å². The third-order valence-corrected chi connectivity index (χ3v) is 2.23. The molecule has 3 N–H and O–H groups in total. The number of nitrogens with two attached hydrogens (primary N) is 1. The number of amides is 1. The van der Waals surface area contributed by atoms with Crippen molar-refractivity contribution in [3.63, 3.8) is 0 Å². The Morgan fingerprint density at radius 1 is 1.28 bits per heavy atom. The third-order valence-electron chi connectivity index (χ3n) is 2.23. The summed E-state index contributed by atoms with van der Waals surface area (Å²) in [5, 5.41) is 2.51. The molecular formula is C12H16F2N2O2. The smallest absolute Gasteiger partial charge is 0.224 e. The van der Waals surface area contributed by atoms with Crippen LogP contribution >= 0.6 is 0 Å². The fourth-order valence-electron chi connectivity index (χ4n) is 1.37. The predicted octanol–water partition coefficient (Wildman–Crippen LogP) is 0.599. The van der Waals surface area contributed by atoms with Crippen LogP contribution in [-0.4, -0.2) is 32.2 Å². The van der Waals surface area contributed by atoms with Crippen molar-refractivity contribution >= 4 is 5.91 Å². The second kappa shape index (κ2) is 7.73. The standard InChI is InChI=1S/C12H16F2N2O2/c13-10-2-1-3-11(14)9(10)8-12(17)16-5-7-18-6-4-15/h1-3H,4-8,15H2,(H,16,17). The molecule has 0 spiro atoms. The molecule has 4 nitrogen and oxygen atoms in total. The van der Waals surface area contributed by atoms with Gasteiger partial charge in [0.25, 0.3) is 0 Å². The Bertz CT molecular complexity index is 379. The van der Waals surface area contributed by atoms with E-state index in [0.29, 0.717) is 19.8 Å². The summed E-state index contributed by atoms with van der Waals surface area (Å²) in [4.78, 5) is 11.4. The highest BCUT2D eigenvalue weighted by Crippen LogP contribution is 2.12. The van der Waals surface area contributed by atoms with Crippen LogP contribution in [0.3, 0.4) is 0 Å². The first-order chi connectivity index (χ1) is 8.65. The molecule has 0 fully saturated rings. The molecule has 0 aliphatic heterocycles. The lowest BCUT2D eigenvalue weighted by Crippen LogP contribution is -2.29. The van der Waals surface area contributed by atoms with Crippen molar-refractivity contribution in [3.05, 3.63) is 35.4 Å². The second-order valence-electron chi connectivity index (χ2n) is 3.63. The van der Waals surface area contributed by atoms with E-state index in [0.717, 1.165) is 12.1 Å². The number of ether oxygens (including phenoxy) is 1. The molecule has 0 aliphatic carbocycles. The summed E-state index contributed by atoms with van der Waals surface area (Å²) in [5.74, 6) is -1.88. The molecule has 6 heteroatoms. The van der Waals surface area contributed by atoms with Crippen molar-refractivity contribution < 1.29 is 18.3 Å². The SMILES string of the molecule is NCCOCCNC(=O)Cc1c(F)cccc1F. The molecule has 0 aliphatic rings. The Morgan fingerprint density at radius 2 is 1.94 bits per heavy atom. The van der Waals surface area contributed by atoms with Crippen LogP contribution in [0, 0.1) is 11.6 Å². The average molecular weight is 258 g/mol. The topological polar surface area (TPSA) is 64.3 Å². The Labute approximate surface area is 104 Å². The van der Waals surface area contributed by atoms with Gasteiger partial charge in [0.15, 0.2) is 0 Å². The molecule has 1 aromatic rings. The van der Waals surface area contributed by atoms with E-state index in [-0.39, 0.29) is 18.5 Å². The van der Waals surface area contributed by atoms with Gasteiger partial charge in [-0.2, -0.15) is 0 Å². The number of hydrogen-bond acceptors (Lipinski definition) is 3. The maximum Gasteiger partial charge on any atom is 0.224 e. The van der Waals surface area contributed by atoms with Crippen molar-refractivity contribution in [2.24, 2.45) is 5.73 Å². The van der Waals surface area contributed by atoms with Gasteiger partial charge in [0.1, 0.15) is 11.6 Å². The molecule has 1 amide bonds. The monoisotopic (exact) mass is 258 g/mol. The third kappa shape index (κ3) is 4.77. The Hall–Kier alpha value is -1.53. The van der Waals surface area contributed by atoms with E-state index in [1.54, 1.807) is 0 Å². The molecule has 0 aromatic heterocycles. The van der Waals surface area contributed by atoms with Gasteiger partial charge in [-0.05, 0) is 12.1 Å². The molecule has 18 heavy (non-hydrogen) atoms. The summed E-state index contributed by atoms with van der Waals surface area (Å²) in [7, 11) is 0. The number of carbonyl (C=O) groups is 1. The van der Waals surface area contributed by atoms with E-state index >= 15 is 0 Å². The summed E-state index contributed by atoms with van der Waals surface area (Å²) < 4.78 is 31.5. The van der Waals surface area contributed by atoms with E-state index < -0.39 is 17.5 Å². The summed E-state index contributed by atoms with van der Waals surface area (Å²) >= 11 is 0. The molecule has 0 unspecified atom stereocenters. The molecule has 0 saturated carbocycles. The minimum atomic E-state index is -0.718. The summed E-state index contributed by atoms with van der Waals surface area (Å²) in [6.07, 6.45) is -0.324. The molecule has 1 aromatic carbocycles. The minimum absolute atomic E-state index is 0.224. The maximum absolute atomic E-state index is 13.2. The fraction of sp³-hybridized carbons (Fsp3) is 0.417. The number of benzene rings is 1. The molecule has 0 heterocycles. The van der Waals surface area contributed by atoms with Crippen LogP contribution < -0.4 is 11.1 Å². The molecule has 100 valence electrons.